The van der Waals surface area contributed by atoms with Gasteiger partial charge in [0, 0.05) is 6.54 Å². The van der Waals surface area contributed by atoms with Crippen molar-refractivity contribution in [2.24, 2.45) is 11.1 Å². The lowest BCUT2D eigenvalue weighted by Gasteiger charge is -2.30. The quantitative estimate of drug-likeness (QED) is 0.875. The van der Waals surface area contributed by atoms with Gasteiger partial charge in [0.25, 0.3) is 0 Å². The Morgan fingerprint density at radius 3 is 2.62 bits per heavy atom. The molecule has 0 unspecified atom stereocenters. The second kappa shape index (κ2) is 5.84. The summed E-state index contributed by atoms with van der Waals surface area (Å²) in [6.45, 7) is 10.0. The molecule has 0 radical (unpaired) electrons. The van der Waals surface area contributed by atoms with E-state index in [0.29, 0.717) is 6.54 Å². The normalized spacial score (nSPS) is 12.4. The zero-order valence-corrected chi connectivity index (χ0v) is 11.9. The molecule has 0 aromatic carbocycles. The Hall–Kier alpha value is -0.320. The van der Waals surface area contributed by atoms with Gasteiger partial charge in [0.05, 0.1) is 17.3 Å². The Bertz CT molecular complexity index is 323. The van der Waals surface area contributed by atoms with Crippen LogP contribution < -0.4 is 5.73 Å². The fourth-order valence-corrected chi connectivity index (χ4v) is 1.92. The number of halogens is 1. The third-order valence-electron chi connectivity index (χ3n) is 2.71. The molecule has 16 heavy (non-hydrogen) atoms. The van der Waals surface area contributed by atoms with E-state index in [1.165, 1.54) is 0 Å². The van der Waals surface area contributed by atoms with Crippen molar-refractivity contribution in [2.45, 2.75) is 27.3 Å². The zero-order chi connectivity index (χ0) is 12.2. The van der Waals surface area contributed by atoms with Gasteiger partial charge in [0.2, 0.25) is 0 Å². The summed E-state index contributed by atoms with van der Waals surface area (Å²) in [5.74, 6) is 0.981. The van der Waals surface area contributed by atoms with Crippen LogP contribution in [0.3, 0.4) is 0 Å². The largest absolute Gasteiger partial charge is 0.467 e. The summed E-state index contributed by atoms with van der Waals surface area (Å²) >= 11 is 3.48. The smallest absolute Gasteiger partial charge is 0.131 e. The zero-order valence-electron chi connectivity index (χ0n) is 10.3. The van der Waals surface area contributed by atoms with Crippen LogP contribution in [0.5, 0.6) is 0 Å². The van der Waals surface area contributed by atoms with Gasteiger partial charge < -0.3 is 10.2 Å². The van der Waals surface area contributed by atoms with Crippen LogP contribution in [0.2, 0.25) is 0 Å². The van der Waals surface area contributed by atoms with Gasteiger partial charge in [-0.05, 0) is 40.5 Å². The first-order valence-corrected chi connectivity index (χ1v) is 6.42. The fourth-order valence-electron chi connectivity index (χ4n) is 1.59. The Labute approximate surface area is 106 Å². The van der Waals surface area contributed by atoms with Crippen LogP contribution in [0.25, 0.3) is 0 Å². The number of hydrogen-bond donors (Lipinski definition) is 1. The van der Waals surface area contributed by atoms with Gasteiger partial charge >= 0.3 is 0 Å². The van der Waals surface area contributed by atoms with Crippen LogP contribution in [-0.4, -0.2) is 24.5 Å². The first-order chi connectivity index (χ1) is 7.48. The van der Waals surface area contributed by atoms with E-state index in [0.717, 1.165) is 29.9 Å². The van der Waals surface area contributed by atoms with E-state index in [1.54, 1.807) is 6.26 Å². The van der Waals surface area contributed by atoms with Crippen LogP contribution in [0.1, 0.15) is 26.5 Å². The maximum absolute atomic E-state index is 5.75. The molecular formula is C12H21BrN2O. The average Bonchev–Trinajstić information content (AvgIpc) is 2.63. The molecule has 0 spiro atoms. The number of rotatable bonds is 6. The predicted octanol–water partition coefficient (Wildman–Crippen LogP) is 2.85. The van der Waals surface area contributed by atoms with Crippen molar-refractivity contribution in [3.63, 3.8) is 0 Å². The molecule has 1 heterocycles. The van der Waals surface area contributed by atoms with Gasteiger partial charge in [-0.15, -0.1) is 0 Å². The number of nitrogens with two attached hydrogens (primary N) is 1. The maximum Gasteiger partial charge on any atom is 0.131 e. The molecule has 0 aliphatic rings. The van der Waals surface area contributed by atoms with Gasteiger partial charge in [0.15, 0.2) is 0 Å². The Morgan fingerprint density at radius 1 is 1.50 bits per heavy atom. The second-order valence-electron chi connectivity index (χ2n) is 4.86. The molecule has 1 rings (SSSR count). The molecule has 0 aliphatic carbocycles. The minimum absolute atomic E-state index is 0.148. The molecule has 0 atom stereocenters. The third kappa shape index (κ3) is 3.92. The Morgan fingerprint density at radius 2 is 2.19 bits per heavy atom. The molecule has 0 amide bonds. The first-order valence-electron chi connectivity index (χ1n) is 5.63. The van der Waals surface area contributed by atoms with Gasteiger partial charge in [0.1, 0.15) is 5.76 Å². The van der Waals surface area contributed by atoms with E-state index in [4.69, 9.17) is 10.2 Å². The summed E-state index contributed by atoms with van der Waals surface area (Å²) in [6.07, 6.45) is 1.71. The van der Waals surface area contributed by atoms with E-state index in [1.807, 2.05) is 6.07 Å². The van der Waals surface area contributed by atoms with Crippen molar-refractivity contribution in [3.05, 3.63) is 22.6 Å². The standard InChI is InChI=1S/C12H21BrN2O/c1-4-15(9-12(2,3)8-14)7-11-10(13)5-6-16-11/h5-6H,4,7-9,14H2,1-3H3. The van der Waals surface area contributed by atoms with Crippen molar-refractivity contribution in [1.82, 2.24) is 4.90 Å². The summed E-state index contributed by atoms with van der Waals surface area (Å²) in [5, 5.41) is 0. The van der Waals surface area contributed by atoms with Gasteiger partial charge in [-0.25, -0.2) is 0 Å². The highest BCUT2D eigenvalue weighted by Crippen LogP contribution is 2.21. The van der Waals surface area contributed by atoms with Gasteiger partial charge in [-0.2, -0.15) is 0 Å². The van der Waals surface area contributed by atoms with E-state index in [2.05, 4.69) is 41.6 Å². The van der Waals surface area contributed by atoms with Crippen molar-refractivity contribution >= 4 is 15.9 Å². The van der Waals surface area contributed by atoms with Crippen molar-refractivity contribution < 1.29 is 4.42 Å². The molecule has 0 aliphatic heterocycles. The summed E-state index contributed by atoms with van der Waals surface area (Å²) < 4.78 is 6.46. The highest BCUT2D eigenvalue weighted by Gasteiger charge is 2.20. The van der Waals surface area contributed by atoms with Gasteiger partial charge in [-0.3, -0.25) is 4.90 Å². The summed E-state index contributed by atoms with van der Waals surface area (Å²) in [6, 6.07) is 1.93. The Balaban J connectivity index is 2.59. The minimum Gasteiger partial charge on any atom is -0.467 e. The molecule has 0 fully saturated rings. The molecule has 1 aromatic rings. The van der Waals surface area contributed by atoms with Crippen LogP contribution in [0.15, 0.2) is 21.2 Å². The molecule has 3 nitrogen and oxygen atoms in total. The van der Waals surface area contributed by atoms with Crippen molar-refractivity contribution in [2.75, 3.05) is 19.6 Å². The van der Waals surface area contributed by atoms with Crippen molar-refractivity contribution in [1.29, 1.82) is 0 Å². The monoisotopic (exact) mass is 288 g/mol. The summed E-state index contributed by atoms with van der Waals surface area (Å²) in [5.41, 5.74) is 5.90. The lowest BCUT2D eigenvalue weighted by atomic mass is 9.93. The minimum atomic E-state index is 0.148. The molecule has 2 N–H and O–H groups in total. The summed E-state index contributed by atoms with van der Waals surface area (Å²) in [4.78, 5) is 2.34. The molecule has 92 valence electrons. The molecule has 4 heteroatoms. The van der Waals surface area contributed by atoms with E-state index in [9.17, 15) is 0 Å². The number of hydrogen-bond acceptors (Lipinski definition) is 3. The van der Waals surface area contributed by atoms with Crippen LogP contribution in [0.4, 0.5) is 0 Å². The number of nitrogens with zero attached hydrogens (tertiary/aromatic N) is 1. The number of furan rings is 1. The van der Waals surface area contributed by atoms with E-state index >= 15 is 0 Å². The van der Waals surface area contributed by atoms with Crippen molar-refractivity contribution in [3.8, 4) is 0 Å². The lowest BCUT2D eigenvalue weighted by Crippen LogP contribution is -2.38. The second-order valence-corrected chi connectivity index (χ2v) is 5.72. The Kier molecular flexibility index (Phi) is 5.02. The predicted molar refractivity (Wildman–Crippen MR) is 70.2 cm³/mol. The van der Waals surface area contributed by atoms with Gasteiger partial charge in [-0.1, -0.05) is 20.8 Å². The SMILES string of the molecule is CCN(Cc1occc1Br)CC(C)(C)CN. The molecule has 0 bridgehead atoms. The highest BCUT2D eigenvalue weighted by molar-refractivity contribution is 9.10. The topological polar surface area (TPSA) is 42.4 Å². The molecule has 0 saturated heterocycles. The highest BCUT2D eigenvalue weighted by atomic mass is 79.9. The van der Waals surface area contributed by atoms with Crippen LogP contribution >= 0.6 is 15.9 Å². The molecular weight excluding hydrogens is 268 g/mol. The molecule has 0 saturated carbocycles. The van der Waals surface area contributed by atoms with E-state index in [-0.39, 0.29) is 5.41 Å². The van der Waals surface area contributed by atoms with Crippen LogP contribution in [0, 0.1) is 5.41 Å². The first kappa shape index (κ1) is 13.7. The lowest BCUT2D eigenvalue weighted by molar-refractivity contribution is 0.172. The molecule has 1 aromatic heterocycles. The average molecular weight is 289 g/mol. The van der Waals surface area contributed by atoms with Crippen LogP contribution in [-0.2, 0) is 6.54 Å². The third-order valence-corrected chi connectivity index (χ3v) is 3.42. The maximum atomic E-state index is 5.75. The summed E-state index contributed by atoms with van der Waals surface area (Å²) in [7, 11) is 0. The fraction of sp³-hybridized carbons (Fsp3) is 0.667. The van der Waals surface area contributed by atoms with E-state index < -0.39 is 0 Å².